The Bertz CT molecular complexity index is 651. The van der Waals surface area contributed by atoms with Gasteiger partial charge in [0.05, 0.1) is 11.3 Å². The van der Waals surface area contributed by atoms with Gasteiger partial charge in [0, 0.05) is 12.3 Å². The molecule has 0 saturated carbocycles. The van der Waals surface area contributed by atoms with E-state index in [1.165, 1.54) is 17.0 Å². The number of ether oxygens (including phenoxy) is 1. The SMILES string of the molecule is O=C(COC(=O)CN1CCSC1=O)Nc1ccccc1C(F)(F)F. The minimum absolute atomic E-state index is 0.254. The van der Waals surface area contributed by atoms with Crippen LogP contribution in [0, 0.1) is 0 Å². The maximum atomic E-state index is 12.8. The minimum atomic E-state index is -4.62. The molecule has 2 rings (SSSR count). The molecular formula is C14H13F3N2O4S. The largest absolute Gasteiger partial charge is 0.454 e. The van der Waals surface area contributed by atoms with E-state index in [4.69, 9.17) is 0 Å². The first-order chi connectivity index (χ1) is 11.3. The molecule has 0 unspecified atom stereocenters. The van der Waals surface area contributed by atoms with Crippen LogP contribution in [0.3, 0.4) is 0 Å². The number of halogens is 3. The molecule has 10 heteroatoms. The van der Waals surface area contributed by atoms with Crippen molar-refractivity contribution in [2.45, 2.75) is 6.18 Å². The van der Waals surface area contributed by atoms with Gasteiger partial charge in [0.1, 0.15) is 6.54 Å². The van der Waals surface area contributed by atoms with Crippen molar-refractivity contribution in [1.29, 1.82) is 0 Å². The van der Waals surface area contributed by atoms with Gasteiger partial charge in [-0.05, 0) is 12.1 Å². The highest BCUT2D eigenvalue weighted by atomic mass is 32.2. The molecule has 0 atom stereocenters. The molecule has 0 aromatic heterocycles. The van der Waals surface area contributed by atoms with Crippen LogP contribution in [0.1, 0.15) is 5.56 Å². The lowest BCUT2D eigenvalue weighted by Gasteiger charge is -2.15. The van der Waals surface area contributed by atoms with E-state index < -0.39 is 35.9 Å². The zero-order chi connectivity index (χ0) is 17.7. The van der Waals surface area contributed by atoms with Gasteiger partial charge in [-0.25, -0.2) is 0 Å². The number of para-hydroxylation sites is 1. The van der Waals surface area contributed by atoms with Crippen LogP contribution in [0.4, 0.5) is 23.7 Å². The first-order valence-electron chi connectivity index (χ1n) is 6.81. The number of carbonyl (C=O) groups excluding carboxylic acids is 3. The van der Waals surface area contributed by atoms with Crippen LogP contribution >= 0.6 is 11.8 Å². The van der Waals surface area contributed by atoms with Gasteiger partial charge in [-0.15, -0.1) is 0 Å². The molecule has 1 heterocycles. The predicted molar refractivity (Wildman–Crippen MR) is 80.5 cm³/mol. The maximum absolute atomic E-state index is 12.8. The third kappa shape index (κ3) is 4.88. The Balaban J connectivity index is 1.86. The van der Waals surface area contributed by atoms with Gasteiger partial charge >= 0.3 is 12.1 Å². The zero-order valence-electron chi connectivity index (χ0n) is 12.3. The molecule has 0 radical (unpaired) electrons. The smallest absolute Gasteiger partial charge is 0.418 e. The van der Waals surface area contributed by atoms with Gasteiger partial charge in [-0.3, -0.25) is 14.4 Å². The van der Waals surface area contributed by atoms with Gasteiger partial charge < -0.3 is 15.0 Å². The van der Waals surface area contributed by atoms with Crippen molar-refractivity contribution >= 4 is 34.6 Å². The van der Waals surface area contributed by atoms with Crippen molar-refractivity contribution in [3.63, 3.8) is 0 Å². The summed E-state index contributed by atoms with van der Waals surface area (Å²) in [5, 5.41) is 1.80. The summed E-state index contributed by atoms with van der Waals surface area (Å²) in [6.45, 7) is -0.623. The number of amides is 2. The van der Waals surface area contributed by atoms with Crippen molar-refractivity contribution in [2.24, 2.45) is 0 Å². The highest BCUT2D eigenvalue weighted by Gasteiger charge is 2.33. The third-order valence-corrected chi connectivity index (χ3v) is 3.93. The molecule has 0 bridgehead atoms. The van der Waals surface area contributed by atoms with Crippen LogP contribution in [0.25, 0.3) is 0 Å². The Morgan fingerprint density at radius 2 is 2.00 bits per heavy atom. The molecule has 1 aromatic carbocycles. The van der Waals surface area contributed by atoms with Crippen molar-refractivity contribution < 1.29 is 32.3 Å². The molecule has 1 N–H and O–H groups in total. The van der Waals surface area contributed by atoms with E-state index in [-0.39, 0.29) is 11.8 Å². The summed E-state index contributed by atoms with van der Waals surface area (Å²) < 4.78 is 43.1. The first-order valence-corrected chi connectivity index (χ1v) is 7.79. The number of nitrogens with zero attached hydrogens (tertiary/aromatic N) is 1. The van der Waals surface area contributed by atoms with Crippen LogP contribution < -0.4 is 5.32 Å². The molecule has 1 saturated heterocycles. The molecule has 6 nitrogen and oxygen atoms in total. The lowest BCUT2D eigenvalue weighted by atomic mass is 10.1. The number of rotatable bonds is 5. The topological polar surface area (TPSA) is 75.7 Å². The number of carbonyl (C=O) groups is 3. The van der Waals surface area contributed by atoms with Gasteiger partial charge in [0.2, 0.25) is 0 Å². The summed E-state index contributed by atoms with van der Waals surface area (Å²) in [4.78, 5) is 35.8. The van der Waals surface area contributed by atoms with Gasteiger partial charge in [0.25, 0.3) is 11.1 Å². The van der Waals surface area contributed by atoms with E-state index in [1.54, 1.807) is 0 Å². The molecule has 1 aliphatic rings. The number of benzene rings is 1. The standard InChI is InChI=1S/C14H13F3N2O4S/c15-14(16,17)9-3-1-2-4-10(9)18-11(20)8-23-12(21)7-19-5-6-24-13(19)22/h1-4H,5-8H2,(H,18,20). The summed E-state index contributed by atoms with van der Waals surface area (Å²) in [7, 11) is 0. The van der Waals surface area contributed by atoms with Crippen molar-refractivity contribution in [3.05, 3.63) is 29.8 Å². The maximum Gasteiger partial charge on any atom is 0.418 e. The summed E-state index contributed by atoms with van der Waals surface area (Å²) in [6.07, 6.45) is -4.62. The van der Waals surface area contributed by atoms with E-state index >= 15 is 0 Å². The van der Waals surface area contributed by atoms with Crippen LogP contribution in [0.5, 0.6) is 0 Å². The number of hydrogen-bond donors (Lipinski definition) is 1. The molecule has 24 heavy (non-hydrogen) atoms. The number of nitrogens with one attached hydrogen (secondary N) is 1. The highest BCUT2D eigenvalue weighted by Crippen LogP contribution is 2.34. The van der Waals surface area contributed by atoms with Crippen LogP contribution in [0.2, 0.25) is 0 Å². The van der Waals surface area contributed by atoms with E-state index in [1.807, 2.05) is 0 Å². The number of hydrogen-bond acceptors (Lipinski definition) is 5. The van der Waals surface area contributed by atoms with Crippen molar-refractivity contribution in [3.8, 4) is 0 Å². The number of alkyl halides is 3. The normalized spacial score (nSPS) is 14.6. The highest BCUT2D eigenvalue weighted by molar-refractivity contribution is 8.13. The van der Waals surface area contributed by atoms with Gasteiger partial charge in [-0.2, -0.15) is 13.2 Å². The quantitative estimate of drug-likeness (QED) is 0.814. The lowest BCUT2D eigenvalue weighted by molar-refractivity contribution is -0.147. The van der Waals surface area contributed by atoms with E-state index in [2.05, 4.69) is 10.1 Å². The Labute approximate surface area is 139 Å². The second-order valence-corrected chi connectivity index (χ2v) is 5.83. The number of esters is 1. The molecular weight excluding hydrogens is 349 g/mol. The fraction of sp³-hybridized carbons (Fsp3) is 0.357. The van der Waals surface area contributed by atoms with Crippen LogP contribution in [-0.2, 0) is 20.5 Å². The van der Waals surface area contributed by atoms with Crippen molar-refractivity contribution in [2.75, 3.05) is 30.8 Å². The molecule has 0 spiro atoms. The van der Waals surface area contributed by atoms with Crippen LogP contribution in [-0.4, -0.2) is 47.5 Å². The fourth-order valence-electron chi connectivity index (χ4n) is 1.94. The molecule has 1 fully saturated rings. The Hall–Kier alpha value is -2.23. The second-order valence-electron chi connectivity index (χ2n) is 4.79. The summed E-state index contributed by atoms with van der Waals surface area (Å²) in [5.74, 6) is -1.13. The summed E-state index contributed by atoms with van der Waals surface area (Å²) in [6, 6.07) is 4.47. The van der Waals surface area contributed by atoms with Crippen LogP contribution in [0.15, 0.2) is 24.3 Å². The predicted octanol–water partition coefficient (Wildman–Crippen LogP) is 2.36. The number of thioether (sulfide) groups is 1. The fourth-order valence-corrected chi connectivity index (χ4v) is 2.77. The third-order valence-electron chi connectivity index (χ3n) is 3.04. The Morgan fingerprint density at radius 1 is 1.29 bits per heavy atom. The first kappa shape index (κ1) is 18.1. The van der Waals surface area contributed by atoms with Crippen molar-refractivity contribution in [1.82, 2.24) is 4.90 Å². The molecule has 2 amide bonds. The van der Waals surface area contributed by atoms with Gasteiger partial charge in [0.15, 0.2) is 6.61 Å². The second kappa shape index (κ2) is 7.56. The van der Waals surface area contributed by atoms with E-state index in [9.17, 15) is 27.6 Å². The lowest BCUT2D eigenvalue weighted by Crippen LogP contribution is -2.32. The Kier molecular flexibility index (Phi) is 5.71. The number of anilines is 1. The summed E-state index contributed by atoms with van der Waals surface area (Å²) >= 11 is 1.07. The Morgan fingerprint density at radius 3 is 2.62 bits per heavy atom. The van der Waals surface area contributed by atoms with Gasteiger partial charge in [-0.1, -0.05) is 23.9 Å². The zero-order valence-corrected chi connectivity index (χ0v) is 13.1. The molecule has 130 valence electrons. The molecule has 1 aliphatic heterocycles. The minimum Gasteiger partial charge on any atom is -0.454 e. The molecule has 1 aromatic rings. The molecule has 0 aliphatic carbocycles. The monoisotopic (exact) mass is 362 g/mol. The summed E-state index contributed by atoms with van der Waals surface area (Å²) in [5.41, 5.74) is -1.42. The average Bonchev–Trinajstić information content (AvgIpc) is 2.90. The average molecular weight is 362 g/mol. The van der Waals surface area contributed by atoms with E-state index in [0.29, 0.717) is 12.3 Å². The van der Waals surface area contributed by atoms with E-state index in [0.717, 1.165) is 23.9 Å².